The molecule has 1 saturated heterocycles. The number of rotatable bonds is 1. The lowest BCUT2D eigenvalue weighted by molar-refractivity contribution is 0.0792. The Morgan fingerprint density at radius 1 is 1.39 bits per heavy atom. The van der Waals surface area contributed by atoms with Gasteiger partial charge in [-0.2, -0.15) is 0 Å². The van der Waals surface area contributed by atoms with Gasteiger partial charge in [0.1, 0.15) is 0 Å². The van der Waals surface area contributed by atoms with Crippen molar-refractivity contribution in [2.24, 2.45) is 12.8 Å². The van der Waals surface area contributed by atoms with E-state index >= 15 is 0 Å². The van der Waals surface area contributed by atoms with Crippen LogP contribution in [0.1, 0.15) is 16.8 Å². The lowest BCUT2D eigenvalue weighted by Crippen LogP contribution is -2.31. The number of hydrogen-bond donors (Lipinski definition) is 1. The first-order valence-electron chi connectivity index (χ1n) is 6.26. The van der Waals surface area contributed by atoms with Gasteiger partial charge in [-0.15, -0.1) is 0 Å². The lowest BCUT2D eigenvalue weighted by Gasteiger charge is -2.14. The van der Waals surface area contributed by atoms with Crippen LogP contribution in [0.15, 0.2) is 30.5 Å². The Kier molecular flexibility index (Phi) is 2.59. The first kappa shape index (κ1) is 11.3. The zero-order valence-electron chi connectivity index (χ0n) is 10.5. The summed E-state index contributed by atoms with van der Waals surface area (Å²) in [5, 5.41) is 1.02. The van der Waals surface area contributed by atoms with Gasteiger partial charge in [0.25, 0.3) is 5.91 Å². The van der Waals surface area contributed by atoms with Crippen LogP contribution in [0.2, 0.25) is 0 Å². The van der Waals surface area contributed by atoms with Crippen LogP contribution < -0.4 is 5.73 Å². The quantitative estimate of drug-likeness (QED) is 0.822. The second-order valence-electron chi connectivity index (χ2n) is 4.97. The van der Waals surface area contributed by atoms with E-state index in [1.165, 1.54) is 0 Å². The third-order valence-corrected chi connectivity index (χ3v) is 3.64. The Morgan fingerprint density at radius 3 is 2.89 bits per heavy atom. The van der Waals surface area contributed by atoms with E-state index in [0.717, 1.165) is 29.4 Å². The van der Waals surface area contributed by atoms with E-state index in [9.17, 15) is 4.79 Å². The molecule has 1 amide bonds. The van der Waals surface area contributed by atoms with Crippen molar-refractivity contribution in [1.82, 2.24) is 9.47 Å². The number of carbonyl (C=O) groups excluding carboxylic acids is 1. The molecule has 0 saturated carbocycles. The summed E-state index contributed by atoms with van der Waals surface area (Å²) in [6, 6.07) is 8.11. The molecule has 2 aromatic rings. The molecule has 0 unspecified atom stereocenters. The van der Waals surface area contributed by atoms with Gasteiger partial charge in [-0.05, 0) is 12.5 Å². The number of likely N-dealkylation sites (tertiary alicyclic amines) is 1. The van der Waals surface area contributed by atoms with Crippen molar-refractivity contribution in [1.29, 1.82) is 0 Å². The minimum atomic E-state index is 0.0970. The van der Waals surface area contributed by atoms with Gasteiger partial charge < -0.3 is 15.2 Å². The summed E-state index contributed by atoms with van der Waals surface area (Å²) in [5.41, 5.74) is 7.73. The highest BCUT2D eigenvalue weighted by Crippen LogP contribution is 2.23. The van der Waals surface area contributed by atoms with Gasteiger partial charge in [-0.3, -0.25) is 4.79 Å². The molecule has 94 valence electrons. The molecule has 0 radical (unpaired) electrons. The van der Waals surface area contributed by atoms with Crippen molar-refractivity contribution >= 4 is 16.8 Å². The molecule has 4 nitrogen and oxygen atoms in total. The molecule has 3 rings (SSSR count). The maximum Gasteiger partial charge on any atom is 0.256 e. The van der Waals surface area contributed by atoms with Crippen molar-refractivity contribution in [2.75, 3.05) is 13.1 Å². The number of amides is 1. The van der Waals surface area contributed by atoms with Crippen molar-refractivity contribution in [3.8, 4) is 0 Å². The zero-order chi connectivity index (χ0) is 12.7. The number of nitrogens with two attached hydrogens (primary N) is 1. The summed E-state index contributed by atoms with van der Waals surface area (Å²) in [5.74, 6) is 0.0970. The van der Waals surface area contributed by atoms with Crippen LogP contribution in [-0.2, 0) is 7.05 Å². The minimum absolute atomic E-state index is 0.0970. The highest BCUT2D eigenvalue weighted by molar-refractivity contribution is 6.07. The van der Waals surface area contributed by atoms with Gasteiger partial charge in [-0.1, -0.05) is 18.2 Å². The SMILES string of the molecule is Cn1cc(C(=O)N2CC[C@H](N)C2)c2ccccc21. The van der Waals surface area contributed by atoms with Gasteiger partial charge in [-0.25, -0.2) is 0 Å². The third kappa shape index (κ3) is 1.69. The van der Waals surface area contributed by atoms with Crippen molar-refractivity contribution in [3.63, 3.8) is 0 Å². The number of fused-ring (bicyclic) bond motifs is 1. The lowest BCUT2D eigenvalue weighted by atomic mass is 10.1. The zero-order valence-corrected chi connectivity index (χ0v) is 10.5. The minimum Gasteiger partial charge on any atom is -0.350 e. The van der Waals surface area contributed by atoms with Crippen molar-refractivity contribution in [3.05, 3.63) is 36.0 Å². The molecule has 2 heterocycles. The molecule has 4 heteroatoms. The molecule has 2 N–H and O–H groups in total. The van der Waals surface area contributed by atoms with Crippen LogP contribution in [0.25, 0.3) is 10.9 Å². The fraction of sp³-hybridized carbons (Fsp3) is 0.357. The second-order valence-corrected chi connectivity index (χ2v) is 4.97. The van der Waals surface area contributed by atoms with E-state index in [4.69, 9.17) is 5.73 Å². The molecular formula is C14H17N3O. The van der Waals surface area contributed by atoms with Crippen LogP contribution in [-0.4, -0.2) is 34.5 Å². The van der Waals surface area contributed by atoms with E-state index in [0.29, 0.717) is 6.54 Å². The average molecular weight is 243 g/mol. The third-order valence-electron chi connectivity index (χ3n) is 3.64. The number of hydrogen-bond acceptors (Lipinski definition) is 2. The first-order valence-corrected chi connectivity index (χ1v) is 6.26. The summed E-state index contributed by atoms with van der Waals surface area (Å²) in [7, 11) is 1.97. The Morgan fingerprint density at radius 2 is 2.17 bits per heavy atom. The maximum atomic E-state index is 12.5. The highest BCUT2D eigenvalue weighted by Gasteiger charge is 2.26. The van der Waals surface area contributed by atoms with Gasteiger partial charge in [0.05, 0.1) is 5.56 Å². The predicted octanol–water partition coefficient (Wildman–Crippen LogP) is 1.35. The highest BCUT2D eigenvalue weighted by atomic mass is 16.2. The molecule has 1 atom stereocenters. The second kappa shape index (κ2) is 4.14. The summed E-state index contributed by atoms with van der Waals surface area (Å²) in [6.45, 7) is 1.44. The molecule has 18 heavy (non-hydrogen) atoms. The van der Waals surface area contributed by atoms with E-state index in [-0.39, 0.29) is 11.9 Å². The molecule has 1 aromatic heterocycles. The van der Waals surface area contributed by atoms with Gasteiger partial charge in [0, 0.05) is 43.3 Å². The Bertz CT molecular complexity index is 602. The fourth-order valence-electron chi connectivity index (χ4n) is 2.65. The number of carbonyl (C=O) groups is 1. The molecule has 1 aliphatic heterocycles. The number of aryl methyl sites for hydroxylation is 1. The topological polar surface area (TPSA) is 51.3 Å². The maximum absolute atomic E-state index is 12.5. The first-order chi connectivity index (χ1) is 8.66. The molecule has 0 spiro atoms. The standard InChI is InChI=1S/C14H17N3O/c1-16-9-12(11-4-2-3-5-13(11)16)14(18)17-7-6-10(15)8-17/h2-5,9-10H,6-8,15H2,1H3/t10-/m0/s1. The van der Waals surface area contributed by atoms with Crippen molar-refractivity contribution < 1.29 is 4.79 Å². The number of para-hydroxylation sites is 1. The summed E-state index contributed by atoms with van der Waals surface area (Å²) >= 11 is 0. The van der Waals surface area contributed by atoms with Crippen LogP contribution in [0, 0.1) is 0 Å². The van der Waals surface area contributed by atoms with E-state index < -0.39 is 0 Å². The van der Waals surface area contributed by atoms with Crippen molar-refractivity contribution in [2.45, 2.75) is 12.5 Å². The number of aromatic nitrogens is 1. The Balaban J connectivity index is 2.02. The Hall–Kier alpha value is -1.81. The molecule has 1 aromatic carbocycles. The van der Waals surface area contributed by atoms with E-state index in [1.54, 1.807) is 0 Å². The van der Waals surface area contributed by atoms with Crippen LogP contribution >= 0.6 is 0 Å². The fourth-order valence-corrected chi connectivity index (χ4v) is 2.65. The molecule has 0 bridgehead atoms. The van der Waals surface area contributed by atoms with Gasteiger partial charge in [0.2, 0.25) is 0 Å². The van der Waals surface area contributed by atoms with Crippen LogP contribution in [0.4, 0.5) is 0 Å². The largest absolute Gasteiger partial charge is 0.350 e. The number of nitrogens with zero attached hydrogens (tertiary/aromatic N) is 2. The summed E-state index contributed by atoms with van der Waals surface area (Å²) in [4.78, 5) is 14.3. The summed E-state index contributed by atoms with van der Waals surface area (Å²) in [6.07, 6.45) is 2.81. The average Bonchev–Trinajstić information content (AvgIpc) is 2.94. The molecule has 1 fully saturated rings. The molecule has 0 aliphatic carbocycles. The smallest absolute Gasteiger partial charge is 0.256 e. The number of benzene rings is 1. The Labute approximate surface area is 106 Å². The molecule has 1 aliphatic rings. The predicted molar refractivity (Wildman–Crippen MR) is 71.4 cm³/mol. The van der Waals surface area contributed by atoms with E-state index in [1.807, 2.05) is 47.0 Å². The monoisotopic (exact) mass is 243 g/mol. The van der Waals surface area contributed by atoms with Crippen LogP contribution in [0.3, 0.4) is 0 Å². The van der Waals surface area contributed by atoms with E-state index in [2.05, 4.69) is 0 Å². The van der Waals surface area contributed by atoms with Gasteiger partial charge >= 0.3 is 0 Å². The molecular weight excluding hydrogens is 226 g/mol. The van der Waals surface area contributed by atoms with Gasteiger partial charge in [0.15, 0.2) is 0 Å². The summed E-state index contributed by atoms with van der Waals surface area (Å²) < 4.78 is 2.00. The van der Waals surface area contributed by atoms with Crippen LogP contribution in [0.5, 0.6) is 0 Å². The normalized spacial score (nSPS) is 19.7.